The summed E-state index contributed by atoms with van der Waals surface area (Å²) in [6.07, 6.45) is 3.53. The van der Waals surface area contributed by atoms with E-state index in [1.165, 1.54) is 16.0 Å². The first-order valence-corrected chi connectivity index (χ1v) is 10.5. The minimum atomic E-state index is -0.0132. The van der Waals surface area contributed by atoms with Gasteiger partial charge in [0.15, 0.2) is 6.54 Å². The summed E-state index contributed by atoms with van der Waals surface area (Å²) in [6.45, 7) is 6.08. The van der Waals surface area contributed by atoms with E-state index in [0.717, 1.165) is 37.7 Å². The second-order valence-corrected chi connectivity index (χ2v) is 7.74. The lowest BCUT2D eigenvalue weighted by Crippen LogP contribution is -3.16. The summed E-state index contributed by atoms with van der Waals surface area (Å²) >= 11 is 0. The molecule has 1 saturated heterocycles. The predicted molar refractivity (Wildman–Crippen MR) is 118 cm³/mol. The molecule has 3 aromatic rings. The molecule has 2 N–H and O–H groups in total. The molecule has 0 aliphatic carbocycles. The third kappa shape index (κ3) is 5.02. The van der Waals surface area contributed by atoms with E-state index < -0.39 is 0 Å². The minimum Gasteiger partial charge on any atom is -0.345 e. The lowest BCUT2D eigenvalue weighted by atomic mass is 10.0. The summed E-state index contributed by atoms with van der Waals surface area (Å²) in [5.74, 6) is 0.864. The molecule has 1 aliphatic rings. The van der Waals surface area contributed by atoms with Crippen LogP contribution >= 0.6 is 0 Å². The van der Waals surface area contributed by atoms with Gasteiger partial charge in [0.2, 0.25) is 5.95 Å². The van der Waals surface area contributed by atoms with Crippen LogP contribution in [0.15, 0.2) is 73.1 Å². The van der Waals surface area contributed by atoms with Gasteiger partial charge < -0.3 is 15.1 Å². The molecular weight excluding hydrogens is 374 g/mol. The van der Waals surface area contributed by atoms with Gasteiger partial charge in [-0.05, 0) is 29.7 Å². The Bertz CT molecular complexity index is 938. The Hall–Kier alpha value is -3.25. The van der Waals surface area contributed by atoms with Crippen molar-refractivity contribution in [2.24, 2.45) is 0 Å². The van der Waals surface area contributed by atoms with Crippen molar-refractivity contribution < 1.29 is 9.69 Å². The zero-order valence-electron chi connectivity index (χ0n) is 17.3. The maximum Gasteiger partial charge on any atom is 0.275 e. The Morgan fingerprint density at radius 2 is 1.60 bits per heavy atom. The summed E-state index contributed by atoms with van der Waals surface area (Å²) in [4.78, 5) is 24.7. The third-order valence-corrected chi connectivity index (χ3v) is 5.61. The normalized spacial score (nSPS) is 15.6. The highest BCUT2D eigenvalue weighted by Crippen LogP contribution is 2.21. The molecule has 1 aromatic heterocycles. The fourth-order valence-electron chi connectivity index (χ4n) is 3.85. The molecule has 0 bridgehead atoms. The van der Waals surface area contributed by atoms with Crippen LogP contribution in [-0.2, 0) is 4.79 Å². The Morgan fingerprint density at radius 3 is 2.27 bits per heavy atom. The van der Waals surface area contributed by atoms with Crippen LogP contribution in [0, 0.1) is 0 Å². The SMILES string of the molecule is C[C@H](NC(=O)C[NH+]1CCN(c2ncccn2)CC1)c1ccc(-c2ccccc2)cc1. The van der Waals surface area contributed by atoms with Crippen LogP contribution in [-0.4, -0.2) is 48.6 Å². The van der Waals surface area contributed by atoms with E-state index in [-0.39, 0.29) is 11.9 Å². The van der Waals surface area contributed by atoms with Gasteiger partial charge in [0.05, 0.1) is 32.2 Å². The molecule has 0 saturated carbocycles. The smallest absolute Gasteiger partial charge is 0.275 e. The number of rotatable bonds is 6. The largest absolute Gasteiger partial charge is 0.345 e. The van der Waals surface area contributed by atoms with E-state index in [4.69, 9.17) is 0 Å². The molecule has 0 spiro atoms. The Labute approximate surface area is 177 Å². The van der Waals surface area contributed by atoms with Crippen molar-refractivity contribution in [3.63, 3.8) is 0 Å². The molecular formula is C24H28N5O+. The first-order chi connectivity index (χ1) is 14.7. The Kier molecular flexibility index (Phi) is 6.35. The maximum atomic E-state index is 12.6. The Morgan fingerprint density at radius 1 is 0.967 bits per heavy atom. The molecule has 6 heteroatoms. The molecule has 2 aromatic carbocycles. The van der Waals surface area contributed by atoms with Crippen LogP contribution < -0.4 is 15.1 Å². The number of carbonyl (C=O) groups excluding carboxylic acids is 1. The second kappa shape index (κ2) is 9.50. The molecule has 1 aliphatic heterocycles. The molecule has 6 nitrogen and oxygen atoms in total. The van der Waals surface area contributed by atoms with Crippen molar-refractivity contribution in [3.8, 4) is 11.1 Å². The van der Waals surface area contributed by atoms with Crippen molar-refractivity contribution in [2.75, 3.05) is 37.6 Å². The van der Waals surface area contributed by atoms with Gasteiger partial charge in [-0.1, -0.05) is 54.6 Å². The van der Waals surface area contributed by atoms with E-state index >= 15 is 0 Å². The third-order valence-electron chi connectivity index (χ3n) is 5.61. The number of piperazine rings is 1. The number of nitrogens with zero attached hydrogens (tertiary/aromatic N) is 3. The fraction of sp³-hybridized carbons (Fsp3) is 0.292. The van der Waals surface area contributed by atoms with Crippen LogP contribution in [0.4, 0.5) is 5.95 Å². The first kappa shape index (κ1) is 20.0. The van der Waals surface area contributed by atoms with Crippen LogP contribution in [0.3, 0.4) is 0 Å². The highest BCUT2D eigenvalue weighted by Gasteiger charge is 2.24. The number of anilines is 1. The van der Waals surface area contributed by atoms with Crippen molar-refractivity contribution in [2.45, 2.75) is 13.0 Å². The molecule has 30 heavy (non-hydrogen) atoms. The molecule has 0 unspecified atom stereocenters. The number of aromatic nitrogens is 2. The number of quaternary nitrogens is 1. The monoisotopic (exact) mass is 402 g/mol. The van der Waals surface area contributed by atoms with E-state index in [0.29, 0.717) is 6.54 Å². The maximum absolute atomic E-state index is 12.6. The van der Waals surface area contributed by atoms with Crippen molar-refractivity contribution in [1.82, 2.24) is 15.3 Å². The van der Waals surface area contributed by atoms with Crippen molar-refractivity contribution >= 4 is 11.9 Å². The van der Waals surface area contributed by atoms with Crippen LogP contribution in [0.25, 0.3) is 11.1 Å². The van der Waals surface area contributed by atoms with E-state index in [1.54, 1.807) is 12.4 Å². The molecule has 4 rings (SSSR count). The van der Waals surface area contributed by atoms with Crippen LogP contribution in [0.1, 0.15) is 18.5 Å². The standard InChI is InChI=1S/C24H27N5O/c1-19(20-8-10-22(11-9-20)21-6-3-2-4-7-21)27-23(30)18-28-14-16-29(17-15-28)24-25-12-5-13-26-24/h2-13,19H,14-18H2,1H3,(H,27,30)/p+1/t19-/m0/s1. The second-order valence-electron chi connectivity index (χ2n) is 7.74. The van der Waals surface area contributed by atoms with Crippen molar-refractivity contribution in [1.29, 1.82) is 0 Å². The molecule has 0 radical (unpaired) electrons. The van der Waals surface area contributed by atoms with Gasteiger partial charge in [0.25, 0.3) is 5.91 Å². The molecule has 1 amide bonds. The summed E-state index contributed by atoms with van der Waals surface area (Å²) in [5, 5.41) is 3.15. The summed E-state index contributed by atoms with van der Waals surface area (Å²) in [7, 11) is 0. The fourth-order valence-corrected chi connectivity index (χ4v) is 3.85. The predicted octanol–water partition coefficient (Wildman–Crippen LogP) is 1.73. The van der Waals surface area contributed by atoms with E-state index in [9.17, 15) is 4.79 Å². The van der Waals surface area contributed by atoms with Gasteiger partial charge in [-0.3, -0.25) is 4.79 Å². The first-order valence-electron chi connectivity index (χ1n) is 10.5. The van der Waals surface area contributed by atoms with E-state index in [2.05, 4.69) is 56.6 Å². The highest BCUT2D eigenvalue weighted by atomic mass is 16.2. The zero-order valence-corrected chi connectivity index (χ0v) is 17.3. The lowest BCUT2D eigenvalue weighted by Gasteiger charge is -2.31. The van der Waals surface area contributed by atoms with Gasteiger partial charge >= 0.3 is 0 Å². The summed E-state index contributed by atoms with van der Waals surface area (Å²) < 4.78 is 0. The number of carbonyl (C=O) groups is 1. The Balaban J connectivity index is 1.26. The van der Waals surface area contributed by atoms with Gasteiger partial charge in [-0.15, -0.1) is 0 Å². The number of nitrogens with one attached hydrogen (secondary N) is 2. The molecule has 1 fully saturated rings. The quantitative estimate of drug-likeness (QED) is 0.659. The zero-order chi connectivity index (χ0) is 20.8. The summed E-state index contributed by atoms with van der Waals surface area (Å²) in [5.41, 5.74) is 3.50. The van der Waals surface area contributed by atoms with Crippen LogP contribution in [0.2, 0.25) is 0 Å². The van der Waals surface area contributed by atoms with Gasteiger partial charge in [0, 0.05) is 12.4 Å². The van der Waals surface area contributed by atoms with Gasteiger partial charge in [0.1, 0.15) is 0 Å². The number of benzene rings is 2. The van der Waals surface area contributed by atoms with Crippen molar-refractivity contribution in [3.05, 3.63) is 78.6 Å². The topological polar surface area (TPSA) is 62.6 Å². The number of amides is 1. The van der Waals surface area contributed by atoms with Crippen LogP contribution in [0.5, 0.6) is 0 Å². The average molecular weight is 403 g/mol. The lowest BCUT2D eigenvalue weighted by molar-refractivity contribution is -0.892. The summed E-state index contributed by atoms with van der Waals surface area (Å²) in [6, 6.07) is 20.5. The highest BCUT2D eigenvalue weighted by molar-refractivity contribution is 5.77. The van der Waals surface area contributed by atoms with Gasteiger partial charge in [-0.25, -0.2) is 9.97 Å². The van der Waals surface area contributed by atoms with E-state index in [1.807, 2.05) is 31.2 Å². The number of hydrogen-bond acceptors (Lipinski definition) is 4. The minimum absolute atomic E-state index is 0.0132. The molecule has 154 valence electrons. The molecule has 2 heterocycles. The van der Waals surface area contributed by atoms with Gasteiger partial charge in [-0.2, -0.15) is 0 Å². The number of hydrogen-bond donors (Lipinski definition) is 2. The molecule has 1 atom stereocenters. The average Bonchev–Trinajstić information content (AvgIpc) is 2.81.